The lowest BCUT2D eigenvalue weighted by molar-refractivity contribution is -0.140. The van der Waals surface area contributed by atoms with Crippen molar-refractivity contribution in [1.29, 1.82) is 0 Å². The van der Waals surface area contributed by atoms with Crippen LogP contribution in [0.25, 0.3) is 22.4 Å². The summed E-state index contributed by atoms with van der Waals surface area (Å²) in [6.07, 6.45) is 0. The summed E-state index contributed by atoms with van der Waals surface area (Å²) in [6.45, 7) is 2.14. The van der Waals surface area contributed by atoms with E-state index in [0.717, 1.165) is 22.2 Å². The molecule has 5 heteroatoms. The Morgan fingerprint density at radius 2 is 1.91 bits per heavy atom. The number of nitrogens with two attached hydrogens (primary N) is 1. The van der Waals surface area contributed by atoms with Gasteiger partial charge < -0.3 is 15.4 Å². The lowest BCUT2D eigenvalue weighted by atomic mass is 10.1. The largest absolute Gasteiger partial charge is 0.480 e. The zero-order valence-corrected chi connectivity index (χ0v) is 12.2. The lowest BCUT2D eigenvalue weighted by Crippen LogP contribution is -2.16. The third-order valence-corrected chi connectivity index (χ3v) is 3.79. The van der Waals surface area contributed by atoms with Crippen LogP contribution in [0.3, 0.4) is 0 Å². The minimum atomic E-state index is -0.886. The Bertz CT molecular complexity index is 822. The average Bonchev–Trinajstić information content (AvgIpc) is 2.93. The van der Waals surface area contributed by atoms with Gasteiger partial charge in [0.2, 0.25) is 0 Å². The van der Waals surface area contributed by atoms with Crippen LogP contribution in [-0.2, 0) is 11.3 Å². The molecular weight excluding hydrogens is 278 g/mol. The van der Waals surface area contributed by atoms with Crippen molar-refractivity contribution in [3.63, 3.8) is 0 Å². The fraction of sp³-hybridized carbons (Fsp3) is 0.176. The van der Waals surface area contributed by atoms with E-state index in [4.69, 9.17) is 5.73 Å². The number of carboxylic acids is 1. The van der Waals surface area contributed by atoms with E-state index >= 15 is 0 Å². The molecule has 3 N–H and O–H groups in total. The third-order valence-electron chi connectivity index (χ3n) is 3.79. The van der Waals surface area contributed by atoms with Crippen LogP contribution in [0.5, 0.6) is 0 Å². The van der Waals surface area contributed by atoms with Gasteiger partial charge in [-0.2, -0.15) is 0 Å². The molecule has 1 atom stereocenters. The molecule has 0 aliphatic carbocycles. The Kier molecular flexibility index (Phi) is 3.65. The van der Waals surface area contributed by atoms with Crippen LogP contribution in [0.2, 0.25) is 0 Å². The fourth-order valence-electron chi connectivity index (χ4n) is 2.54. The van der Waals surface area contributed by atoms with Crippen molar-refractivity contribution < 1.29 is 9.90 Å². The average molecular weight is 295 g/mol. The molecule has 1 unspecified atom stereocenters. The summed E-state index contributed by atoms with van der Waals surface area (Å²) in [4.78, 5) is 16.1. The number of hydrogen-bond donors (Lipinski definition) is 2. The number of fused-ring (bicyclic) bond motifs is 1. The molecule has 0 bridgehead atoms. The molecule has 3 rings (SSSR count). The van der Waals surface area contributed by atoms with E-state index in [0.29, 0.717) is 12.4 Å². The molecule has 0 amide bonds. The molecule has 0 saturated heterocycles. The van der Waals surface area contributed by atoms with Crippen molar-refractivity contribution in [2.45, 2.75) is 19.5 Å². The zero-order valence-electron chi connectivity index (χ0n) is 12.2. The number of aliphatic carboxylic acids is 1. The van der Waals surface area contributed by atoms with E-state index in [2.05, 4.69) is 4.98 Å². The van der Waals surface area contributed by atoms with Crippen molar-refractivity contribution in [1.82, 2.24) is 9.55 Å². The smallest absolute Gasteiger partial charge is 0.326 e. The summed E-state index contributed by atoms with van der Waals surface area (Å²) in [5, 5.41) is 9.40. The van der Waals surface area contributed by atoms with E-state index in [1.807, 2.05) is 48.5 Å². The molecule has 3 aromatic rings. The number of benzene rings is 2. The Balaban J connectivity index is 2.23. The molecule has 0 fully saturated rings. The van der Waals surface area contributed by atoms with Gasteiger partial charge in [0.15, 0.2) is 0 Å². The van der Waals surface area contributed by atoms with E-state index in [-0.39, 0.29) is 0 Å². The highest BCUT2D eigenvalue weighted by molar-refractivity contribution is 5.84. The summed E-state index contributed by atoms with van der Waals surface area (Å²) in [6, 6.07) is 14.6. The molecule has 0 saturated carbocycles. The predicted molar refractivity (Wildman–Crippen MR) is 85.4 cm³/mol. The van der Waals surface area contributed by atoms with Gasteiger partial charge in [-0.25, -0.2) is 9.78 Å². The number of para-hydroxylation sites is 2. The Hall–Kier alpha value is -2.66. The number of hydrogen-bond acceptors (Lipinski definition) is 3. The van der Waals surface area contributed by atoms with Crippen LogP contribution in [0, 0.1) is 0 Å². The summed E-state index contributed by atoms with van der Waals surface area (Å²) in [5.74, 6) is -0.234. The van der Waals surface area contributed by atoms with Crippen molar-refractivity contribution in [3.05, 3.63) is 54.1 Å². The van der Waals surface area contributed by atoms with Gasteiger partial charge >= 0.3 is 5.97 Å². The summed E-state index contributed by atoms with van der Waals surface area (Å²) in [7, 11) is 0. The normalized spacial score (nSPS) is 12.5. The molecule has 22 heavy (non-hydrogen) atoms. The molecule has 0 aliphatic rings. The Morgan fingerprint density at radius 1 is 1.23 bits per heavy atom. The van der Waals surface area contributed by atoms with E-state index in [1.165, 1.54) is 0 Å². The molecule has 2 aromatic carbocycles. The minimum absolute atomic E-state index is 0.474. The van der Waals surface area contributed by atoms with Gasteiger partial charge in [-0.1, -0.05) is 36.4 Å². The van der Waals surface area contributed by atoms with Crippen molar-refractivity contribution in [2.75, 3.05) is 0 Å². The predicted octanol–water partition coefficient (Wildman–Crippen LogP) is 2.81. The lowest BCUT2D eigenvalue weighted by Gasteiger charge is -2.14. The molecule has 112 valence electrons. The first-order chi connectivity index (χ1) is 10.6. The van der Waals surface area contributed by atoms with E-state index in [9.17, 15) is 9.90 Å². The van der Waals surface area contributed by atoms with Crippen molar-refractivity contribution in [2.24, 2.45) is 5.73 Å². The number of aromatic nitrogens is 2. The SMILES string of the molecule is CC(C(=O)O)n1c(-c2ccc(CN)cc2)nc2ccccc21. The molecular formula is C17H17N3O2. The molecule has 5 nitrogen and oxygen atoms in total. The Labute approximate surface area is 128 Å². The molecule has 1 aromatic heterocycles. The molecule has 0 spiro atoms. The summed E-state index contributed by atoms with van der Waals surface area (Å²) in [5.41, 5.74) is 9.12. The number of carboxylic acid groups (broad SMARTS) is 1. The fourth-order valence-corrected chi connectivity index (χ4v) is 2.54. The first kappa shape index (κ1) is 14.3. The molecule has 0 radical (unpaired) electrons. The van der Waals surface area contributed by atoms with E-state index in [1.54, 1.807) is 11.5 Å². The Morgan fingerprint density at radius 3 is 2.55 bits per heavy atom. The number of carbonyl (C=O) groups is 1. The maximum Gasteiger partial charge on any atom is 0.326 e. The number of rotatable bonds is 4. The minimum Gasteiger partial charge on any atom is -0.480 e. The van der Waals surface area contributed by atoms with Crippen LogP contribution in [0.4, 0.5) is 0 Å². The van der Waals surface area contributed by atoms with E-state index < -0.39 is 12.0 Å². The standard InChI is InChI=1S/C17H17N3O2/c1-11(17(21)22)20-15-5-3-2-4-14(15)19-16(20)13-8-6-12(10-18)7-9-13/h2-9,11H,10,18H2,1H3,(H,21,22). The highest BCUT2D eigenvalue weighted by Gasteiger charge is 2.21. The zero-order chi connectivity index (χ0) is 15.7. The van der Waals surface area contributed by atoms with Crippen LogP contribution in [0.1, 0.15) is 18.5 Å². The van der Waals surface area contributed by atoms with Crippen LogP contribution >= 0.6 is 0 Å². The van der Waals surface area contributed by atoms with Crippen molar-refractivity contribution >= 4 is 17.0 Å². The maximum atomic E-state index is 11.5. The quantitative estimate of drug-likeness (QED) is 0.775. The highest BCUT2D eigenvalue weighted by atomic mass is 16.4. The third kappa shape index (κ3) is 2.35. The topological polar surface area (TPSA) is 81.1 Å². The first-order valence-electron chi connectivity index (χ1n) is 7.11. The van der Waals surface area contributed by atoms with Crippen LogP contribution in [-0.4, -0.2) is 20.6 Å². The van der Waals surface area contributed by atoms with Gasteiger partial charge in [0, 0.05) is 12.1 Å². The van der Waals surface area contributed by atoms with Crippen LogP contribution in [0.15, 0.2) is 48.5 Å². The highest BCUT2D eigenvalue weighted by Crippen LogP contribution is 2.28. The second-order valence-corrected chi connectivity index (χ2v) is 5.21. The molecule has 0 aliphatic heterocycles. The maximum absolute atomic E-state index is 11.5. The van der Waals surface area contributed by atoms with Gasteiger partial charge in [-0.3, -0.25) is 0 Å². The van der Waals surface area contributed by atoms with Gasteiger partial charge in [0.25, 0.3) is 0 Å². The summed E-state index contributed by atoms with van der Waals surface area (Å²) < 4.78 is 1.76. The van der Waals surface area contributed by atoms with Crippen LogP contribution < -0.4 is 5.73 Å². The van der Waals surface area contributed by atoms with Crippen molar-refractivity contribution in [3.8, 4) is 11.4 Å². The molecule has 1 heterocycles. The second kappa shape index (κ2) is 5.61. The van der Waals surface area contributed by atoms with Gasteiger partial charge in [0.05, 0.1) is 11.0 Å². The summed E-state index contributed by atoms with van der Waals surface area (Å²) >= 11 is 0. The first-order valence-corrected chi connectivity index (χ1v) is 7.11. The van der Waals surface area contributed by atoms with Gasteiger partial charge in [-0.15, -0.1) is 0 Å². The number of nitrogens with zero attached hydrogens (tertiary/aromatic N) is 2. The number of imidazole rings is 1. The second-order valence-electron chi connectivity index (χ2n) is 5.21. The van der Waals surface area contributed by atoms with Gasteiger partial charge in [-0.05, 0) is 24.6 Å². The monoisotopic (exact) mass is 295 g/mol. The van der Waals surface area contributed by atoms with Gasteiger partial charge in [0.1, 0.15) is 11.9 Å².